The summed E-state index contributed by atoms with van der Waals surface area (Å²) in [6.45, 7) is 1.89. The van der Waals surface area contributed by atoms with Gasteiger partial charge in [-0.05, 0) is 36.5 Å². The first-order valence-electron chi connectivity index (χ1n) is 8.64. The van der Waals surface area contributed by atoms with Crippen LogP contribution in [0.5, 0.6) is 0 Å². The molecule has 3 heterocycles. The Hall–Kier alpha value is -2.64. The van der Waals surface area contributed by atoms with Crippen molar-refractivity contribution in [2.24, 2.45) is 0 Å². The molecule has 1 atom stereocenters. The number of benzene rings is 1. The van der Waals surface area contributed by atoms with Crippen LogP contribution in [0, 0.1) is 6.92 Å². The summed E-state index contributed by atoms with van der Waals surface area (Å²) in [5, 5.41) is 12.4. The lowest BCUT2D eigenvalue weighted by atomic mass is 10.1. The van der Waals surface area contributed by atoms with Crippen LogP contribution in [0.25, 0.3) is 15.9 Å². The molecule has 0 spiro atoms. The van der Waals surface area contributed by atoms with E-state index in [4.69, 9.17) is 17.3 Å². The molecule has 1 aromatic carbocycles. The van der Waals surface area contributed by atoms with Gasteiger partial charge in [0.15, 0.2) is 5.65 Å². The monoisotopic (exact) mass is 397 g/mol. The van der Waals surface area contributed by atoms with Crippen LogP contribution in [0.2, 0.25) is 5.02 Å². The van der Waals surface area contributed by atoms with Gasteiger partial charge in [-0.15, -0.1) is 21.5 Å². The van der Waals surface area contributed by atoms with Crippen LogP contribution >= 0.6 is 22.9 Å². The molecule has 0 aliphatic heterocycles. The molecule has 1 aliphatic rings. The van der Waals surface area contributed by atoms with Crippen molar-refractivity contribution < 1.29 is 4.79 Å². The minimum atomic E-state index is -0.160. The first kappa shape index (κ1) is 16.5. The summed E-state index contributed by atoms with van der Waals surface area (Å²) >= 11 is 7.77. The van der Waals surface area contributed by atoms with E-state index in [2.05, 4.69) is 27.6 Å². The number of fused-ring (bicyclic) bond motifs is 4. The van der Waals surface area contributed by atoms with Gasteiger partial charge in [-0.2, -0.15) is 0 Å². The molecule has 1 aliphatic carbocycles. The highest BCUT2D eigenvalue weighted by Crippen LogP contribution is 2.40. The van der Waals surface area contributed by atoms with Gasteiger partial charge in [-0.3, -0.25) is 9.20 Å². The van der Waals surface area contributed by atoms with Gasteiger partial charge >= 0.3 is 0 Å². The van der Waals surface area contributed by atoms with Crippen molar-refractivity contribution in [3.63, 3.8) is 0 Å². The largest absolute Gasteiger partial charge is 0.397 e. The fraction of sp³-hybridized carbons (Fsp3) is 0.211. The summed E-state index contributed by atoms with van der Waals surface area (Å²) in [5.74, 6) is -0.160. The van der Waals surface area contributed by atoms with Gasteiger partial charge in [0, 0.05) is 5.39 Å². The fourth-order valence-electron chi connectivity index (χ4n) is 3.87. The van der Waals surface area contributed by atoms with Crippen LogP contribution in [0.4, 0.5) is 5.69 Å². The summed E-state index contributed by atoms with van der Waals surface area (Å²) in [4.78, 5) is 14.3. The molecule has 0 fully saturated rings. The van der Waals surface area contributed by atoms with Gasteiger partial charge in [-0.25, -0.2) is 0 Å². The summed E-state index contributed by atoms with van der Waals surface area (Å²) in [6, 6.07) is 8.24. The van der Waals surface area contributed by atoms with Crippen molar-refractivity contribution in [2.45, 2.75) is 25.8 Å². The third kappa shape index (κ3) is 2.35. The number of amides is 1. The Labute approximate surface area is 164 Å². The van der Waals surface area contributed by atoms with E-state index in [1.54, 1.807) is 10.7 Å². The number of thiophene rings is 1. The highest BCUT2D eigenvalue weighted by atomic mass is 35.5. The van der Waals surface area contributed by atoms with Crippen LogP contribution < -0.4 is 11.1 Å². The van der Waals surface area contributed by atoms with Gasteiger partial charge in [0.25, 0.3) is 5.91 Å². The molecule has 8 heteroatoms. The zero-order valence-electron chi connectivity index (χ0n) is 14.5. The maximum Gasteiger partial charge on any atom is 0.264 e. The molecule has 0 radical (unpaired) electrons. The fourth-order valence-corrected chi connectivity index (χ4v) is 5.25. The summed E-state index contributed by atoms with van der Waals surface area (Å²) in [7, 11) is 0. The molecule has 0 unspecified atom stereocenters. The molecule has 4 aromatic rings. The van der Waals surface area contributed by atoms with E-state index in [1.165, 1.54) is 22.5 Å². The molecule has 3 aromatic heterocycles. The van der Waals surface area contributed by atoms with Crippen molar-refractivity contribution in [2.75, 3.05) is 5.73 Å². The van der Waals surface area contributed by atoms with Crippen molar-refractivity contribution in [1.29, 1.82) is 0 Å². The van der Waals surface area contributed by atoms with Gasteiger partial charge in [0.1, 0.15) is 16.0 Å². The molecule has 0 bridgehead atoms. The van der Waals surface area contributed by atoms with Crippen molar-refractivity contribution >= 4 is 50.4 Å². The van der Waals surface area contributed by atoms with Crippen LogP contribution in [-0.2, 0) is 6.42 Å². The second kappa shape index (κ2) is 5.94. The zero-order chi connectivity index (χ0) is 18.7. The molecule has 136 valence electrons. The summed E-state index contributed by atoms with van der Waals surface area (Å²) < 4.78 is 1.79. The minimum absolute atomic E-state index is 0.0120. The number of aromatic nitrogens is 3. The van der Waals surface area contributed by atoms with Crippen LogP contribution in [0.15, 0.2) is 30.6 Å². The lowest BCUT2D eigenvalue weighted by Gasteiger charge is -2.13. The first-order chi connectivity index (χ1) is 13.1. The topological polar surface area (TPSA) is 85.3 Å². The predicted octanol–water partition coefficient (Wildman–Crippen LogP) is 3.91. The van der Waals surface area contributed by atoms with E-state index in [1.807, 2.05) is 19.1 Å². The standard InChI is InChI=1S/C19H16ClN5OS/c1-9-13-15(21)16(27-19(13)25-8-22-24-17(25)14(9)20)18(26)23-12-7-6-10-4-2-3-5-11(10)12/h2-5,8,12H,6-7,21H2,1H3,(H,23,26)/t12-/m0/s1. The molecule has 5 rings (SSSR count). The van der Waals surface area contributed by atoms with E-state index in [0.29, 0.717) is 21.2 Å². The molecule has 0 saturated carbocycles. The smallest absolute Gasteiger partial charge is 0.264 e. The second-order valence-electron chi connectivity index (χ2n) is 6.75. The molecule has 27 heavy (non-hydrogen) atoms. The summed E-state index contributed by atoms with van der Waals surface area (Å²) in [5.41, 5.74) is 10.7. The predicted molar refractivity (Wildman–Crippen MR) is 107 cm³/mol. The van der Waals surface area contributed by atoms with E-state index in [-0.39, 0.29) is 11.9 Å². The molecule has 1 amide bonds. The highest BCUT2D eigenvalue weighted by Gasteiger charge is 2.27. The number of hydrogen-bond donors (Lipinski definition) is 2. The zero-order valence-corrected chi connectivity index (χ0v) is 16.1. The third-order valence-electron chi connectivity index (χ3n) is 5.24. The van der Waals surface area contributed by atoms with Crippen molar-refractivity contribution in [3.05, 3.63) is 57.2 Å². The Balaban J connectivity index is 1.58. The molecule has 6 nitrogen and oxygen atoms in total. The quantitative estimate of drug-likeness (QED) is 0.537. The van der Waals surface area contributed by atoms with Crippen LogP contribution in [0.3, 0.4) is 0 Å². The minimum Gasteiger partial charge on any atom is -0.397 e. The van der Waals surface area contributed by atoms with Crippen molar-refractivity contribution in [1.82, 2.24) is 19.9 Å². The summed E-state index contributed by atoms with van der Waals surface area (Å²) in [6.07, 6.45) is 3.46. The molecular weight excluding hydrogens is 382 g/mol. The number of nitrogens with two attached hydrogens (primary N) is 1. The first-order valence-corrected chi connectivity index (χ1v) is 9.84. The Morgan fingerprint density at radius 1 is 1.41 bits per heavy atom. The molecule has 3 N–H and O–H groups in total. The van der Waals surface area contributed by atoms with Crippen LogP contribution in [-0.4, -0.2) is 20.5 Å². The number of anilines is 1. The Kier molecular flexibility index (Phi) is 3.63. The molecular formula is C19H16ClN5OS. The normalized spacial score (nSPS) is 16.1. The highest BCUT2D eigenvalue weighted by molar-refractivity contribution is 7.21. The third-order valence-corrected chi connectivity index (χ3v) is 6.89. The molecule has 0 saturated heterocycles. The van der Waals surface area contributed by atoms with Crippen molar-refractivity contribution in [3.8, 4) is 0 Å². The maximum absolute atomic E-state index is 13.0. The van der Waals surface area contributed by atoms with E-state index >= 15 is 0 Å². The lowest BCUT2D eigenvalue weighted by Crippen LogP contribution is -2.27. The Morgan fingerprint density at radius 3 is 3.07 bits per heavy atom. The van der Waals surface area contributed by atoms with E-state index in [0.717, 1.165) is 28.6 Å². The van der Waals surface area contributed by atoms with E-state index in [9.17, 15) is 4.79 Å². The number of nitrogens with one attached hydrogen (secondary N) is 1. The average Bonchev–Trinajstić information content (AvgIpc) is 3.37. The average molecular weight is 398 g/mol. The Bertz CT molecular complexity index is 1230. The Morgan fingerprint density at radius 2 is 2.22 bits per heavy atom. The number of nitrogens with zero attached hydrogens (tertiary/aromatic N) is 3. The number of carbonyl (C=O) groups excluding carboxylic acids is 1. The lowest BCUT2D eigenvalue weighted by molar-refractivity contribution is 0.0941. The number of aryl methyl sites for hydroxylation is 2. The number of carbonyl (C=O) groups is 1. The number of nitrogen functional groups attached to an aromatic ring is 1. The van der Waals surface area contributed by atoms with Gasteiger partial charge < -0.3 is 11.1 Å². The van der Waals surface area contributed by atoms with Gasteiger partial charge in [0.05, 0.1) is 16.8 Å². The number of rotatable bonds is 2. The number of pyridine rings is 1. The van der Waals surface area contributed by atoms with E-state index < -0.39 is 0 Å². The van der Waals surface area contributed by atoms with Gasteiger partial charge in [0.2, 0.25) is 0 Å². The SMILES string of the molecule is Cc1c(Cl)c2nncn2c2sc(C(=O)N[C@H]3CCc4ccccc43)c(N)c12. The van der Waals surface area contributed by atoms with Crippen LogP contribution in [0.1, 0.15) is 38.8 Å². The number of hydrogen-bond acceptors (Lipinski definition) is 5. The number of halogens is 1. The second-order valence-corrected chi connectivity index (χ2v) is 8.13. The maximum atomic E-state index is 13.0. The van der Waals surface area contributed by atoms with Gasteiger partial charge in [-0.1, -0.05) is 35.9 Å².